The third kappa shape index (κ3) is 4.53. The monoisotopic (exact) mass is 338 g/mol. The number of halogens is 1. The van der Waals surface area contributed by atoms with E-state index in [9.17, 15) is 17.6 Å². The molecule has 0 unspecified atom stereocenters. The molecule has 1 aliphatic heterocycles. The Morgan fingerprint density at radius 2 is 2.04 bits per heavy atom. The molecule has 0 saturated heterocycles. The van der Waals surface area contributed by atoms with Crippen molar-refractivity contribution in [2.24, 2.45) is 0 Å². The maximum Gasteiger partial charge on any atom is 0.226 e. The molecule has 0 fully saturated rings. The van der Waals surface area contributed by atoms with Gasteiger partial charge in [0.1, 0.15) is 11.9 Å². The van der Waals surface area contributed by atoms with Crippen molar-refractivity contribution in [3.8, 4) is 6.07 Å². The first-order chi connectivity index (χ1) is 10.9. The number of carbonyl (C=O) groups excluding carboxylic acids is 1. The maximum absolute atomic E-state index is 12.8. The number of hydrogen-bond donors (Lipinski definition) is 1. The standard InChI is InChI=1S/C15H15FN2O4S/c16-12-3-5-13(6-4-12)23(20,21)9-1-2-14(19)18-15-11(10-17)7-8-22-15/h3-6H,1-2,7-9H2,(H,18,19). The van der Waals surface area contributed by atoms with Gasteiger partial charge in [0.15, 0.2) is 9.84 Å². The predicted octanol–water partition coefficient (Wildman–Crippen LogP) is 1.65. The second kappa shape index (κ2) is 7.24. The van der Waals surface area contributed by atoms with Crippen molar-refractivity contribution in [2.75, 3.05) is 12.4 Å². The summed E-state index contributed by atoms with van der Waals surface area (Å²) in [5.41, 5.74) is 0.372. The van der Waals surface area contributed by atoms with Crippen LogP contribution in [0.1, 0.15) is 19.3 Å². The molecule has 1 aliphatic rings. The lowest BCUT2D eigenvalue weighted by Crippen LogP contribution is -2.24. The van der Waals surface area contributed by atoms with E-state index in [-0.39, 0.29) is 29.4 Å². The molecule has 0 aromatic heterocycles. The van der Waals surface area contributed by atoms with Gasteiger partial charge in [0, 0.05) is 12.8 Å². The highest BCUT2D eigenvalue weighted by molar-refractivity contribution is 7.91. The minimum Gasteiger partial charge on any atom is -0.478 e. The fraction of sp³-hybridized carbons (Fsp3) is 0.333. The van der Waals surface area contributed by atoms with Crippen LogP contribution in [0.5, 0.6) is 0 Å². The van der Waals surface area contributed by atoms with E-state index >= 15 is 0 Å². The summed E-state index contributed by atoms with van der Waals surface area (Å²) in [6.45, 7) is 0.345. The Morgan fingerprint density at radius 3 is 2.70 bits per heavy atom. The summed E-state index contributed by atoms with van der Waals surface area (Å²) in [7, 11) is -3.56. The van der Waals surface area contributed by atoms with Crippen molar-refractivity contribution in [3.05, 3.63) is 41.5 Å². The number of hydrogen-bond acceptors (Lipinski definition) is 5. The third-order valence-electron chi connectivity index (χ3n) is 3.25. The van der Waals surface area contributed by atoms with Gasteiger partial charge >= 0.3 is 0 Å². The number of amides is 1. The molecule has 0 spiro atoms. The normalized spacial score (nSPS) is 14.3. The minimum absolute atomic E-state index is 0.0212. The topological polar surface area (TPSA) is 96.3 Å². The largest absolute Gasteiger partial charge is 0.478 e. The molecule has 1 amide bonds. The van der Waals surface area contributed by atoms with Crippen molar-refractivity contribution in [1.82, 2.24) is 5.32 Å². The van der Waals surface area contributed by atoms with E-state index < -0.39 is 21.6 Å². The second-order valence-corrected chi connectivity index (χ2v) is 7.05. The Bertz CT molecular complexity index is 764. The first-order valence-electron chi connectivity index (χ1n) is 6.96. The molecule has 0 aliphatic carbocycles. The first-order valence-corrected chi connectivity index (χ1v) is 8.62. The molecule has 1 N–H and O–H groups in total. The van der Waals surface area contributed by atoms with Gasteiger partial charge in [0.2, 0.25) is 11.8 Å². The summed E-state index contributed by atoms with van der Waals surface area (Å²) >= 11 is 0. The quantitative estimate of drug-likeness (QED) is 0.796. The number of nitrogens with zero attached hydrogens (tertiary/aromatic N) is 1. The van der Waals surface area contributed by atoms with Gasteiger partial charge in [-0.3, -0.25) is 10.1 Å². The van der Waals surface area contributed by atoms with Crippen molar-refractivity contribution in [3.63, 3.8) is 0 Å². The van der Waals surface area contributed by atoms with E-state index in [0.717, 1.165) is 12.1 Å². The number of rotatable bonds is 6. The summed E-state index contributed by atoms with van der Waals surface area (Å²) in [5, 5.41) is 11.3. The Balaban J connectivity index is 1.86. The van der Waals surface area contributed by atoms with Crippen molar-refractivity contribution in [1.29, 1.82) is 5.26 Å². The van der Waals surface area contributed by atoms with E-state index in [1.165, 1.54) is 12.1 Å². The fourth-order valence-corrected chi connectivity index (χ4v) is 3.36. The lowest BCUT2D eigenvalue weighted by atomic mass is 10.2. The molecule has 23 heavy (non-hydrogen) atoms. The van der Waals surface area contributed by atoms with Gasteiger partial charge < -0.3 is 4.74 Å². The smallest absolute Gasteiger partial charge is 0.226 e. The molecule has 0 atom stereocenters. The SMILES string of the molecule is N#CC1=C(NC(=O)CCCS(=O)(=O)c2ccc(F)cc2)OCC1. The van der Waals surface area contributed by atoms with Crippen LogP contribution < -0.4 is 5.32 Å². The Kier molecular flexibility index (Phi) is 5.34. The average molecular weight is 338 g/mol. The Morgan fingerprint density at radius 1 is 1.35 bits per heavy atom. The van der Waals surface area contributed by atoms with Gasteiger partial charge in [-0.05, 0) is 30.7 Å². The van der Waals surface area contributed by atoms with Crippen LogP contribution in [0.15, 0.2) is 40.6 Å². The second-order valence-electron chi connectivity index (χ2n) is 4.94. The van der Waals surface area contributed by atoms with E-state index in [0.29, 0.717) is 18.6 Å². The van der Waals surface area contributed by atoms with Crippen LogP contribution in [-0.2, 0) is 19.4 Å². The highest BCUT2D eigenvalue weighted by Gasteiger charge is 2.19. The summed E-state index contributed by atoms with van der Waals surface area (Å²) < 4.78 is 42.0. The molecule has 2 rings (SSSR count). The maximum atomic E-state index is 12.8. The van der Waals surface area contributed by atoms with Crippen molar-refractivity contribution < 1.29 is 22.3 Å². The summed E-state index contributed by atoms with van der Waals surface area (Å²) in [5.74, 6) is -0.999. The van der Waals surface area contributed by atoms with Gasteiger partial charge in [-0.2, -0.15) is 5.26 Å². The molecular weight excluding hydrogens is 323 g/mol. The summed E-state index contributed by atoms with van der Waals surface area (Å²) in [6.07, 6.45) is 0.539. The highest BCUT2D eigenvalue weighted by Crippen LogP contribution is 2.16. The number of ether oxygens (including phenoxy) is 1. The van der Waals surface area contributed by atoms with Crippen LogP contribution in [0.4, 0.5) is 4.39 Å². The number of nitriles is 1. The van der Waals surface area contributed by atoms with Gasteiger partial charge in [0.05, 0.1) is 22.8 Å². The molecule has 6 nitrogen and oxygen atoms in total. The van der Waals surface area contributed by atoms with Gasteiger partial charge in [-0.25, -0.2) is 12.8 Å². The van der Waals surface area contributed by atoms with Gasteiger partial charge in [-0.15, -0.1) is 0 Å². The third-order valence-corrected chi connectivity index (χ3v) is 5.07. The number of sulfone groups is 1. The molecule has 1 aromatic rings. The average Bonchev–Trinajstić information content (AvgIpc) is 2.94. The number of benzene rings is 1. The molecule has 0 radical (unpaired) electrons. The first kappa shape index (κ1) is 17.0. The molecule has 1 aromatic carbocycles. The molecular formula is C15H15FN2O4S. The zero-order valence-corrected chi connectivity index (χ0v) is 13.0. The van der Waals surface area contributed by atoms with Crippen LogP contribution in [0.3, 0.4) is 0 Å². The number of nitrogens with one attached hydrogen (secondary N) is 1. The minimum atomic E-state index is -3.56. The fourth-order valence-electron chi connectivity index (χ4n) is 2.05. The van der Waals surface area contributed by atoms with Crippen LogP contribution in [0.25, 0.3) is 0 Å². The number of carbonyl (C=O) groups is 1. The van der Waals surface area contributed by atoms with E-state index in [1.807, 2.05) is 6.07 Å². The molecule has 122 valence electrons. The summed E-state index contributed by atoms with van der Waals surface area (Å²) in [6, 6.07) is 6.48. The van der Waals surface area contributed by atoms with Crippen LogP contribution in [-0.4, -0.2) is 26.7 Å². The van der Waals surface area contributed by atoms with Crippen molar-refractivity contribution in [2.45, 2.75) is 24.2 Å². The van der Waals surface area contributed by atoms with Gasteiger partial charge in [0.25, 0.3) is 0 Å². The zero-order chi connectivity index (χ0) is 16.9. The van der Waals surface area contributed by atoms with E-state index in [1.54, 1.807) is 0 Å². The zero-order valence-electron chi connectivity index (χ0n) is 12.2. The van der Waals surface area contributed by atoms with Crippen LogP contribution >= 0.6 is 0 Å². The molecule has 8 heteroatoms. The predicted molar refractivity (Wildman–Crippen MR) is 79.0 cm³/mol. The highest BCUT2D eigenvalue weighted by atomic mass is 32.2. The van der Waals surface area contributed by atoms with Crippen molar-refractivity contribution >= 4 is 15.7 Å². The lowest BCUT2D eigenvalue weighted by molar-refractivity contribution is -0.121. The molecule has 0 saturated carbocycles. The van der Waals surface area contributed by atoms with E-state index in [4.69, 9.17) is 10.00 Å². The lowest BCUT2D eigenvalue weighted by Gasteiger charge is -2.07. The van der Waals surface area contributed by atoms with E-state index in [2.05, 4.69) is 5.32 Å². The Labute approximate surface area is 133 Å². The van der Waals surface area contributed by atoms with Gasteiger partial charge in [-0.1, -0.05) is 0 Å². The van der Waals surface area contributed by atoms with Crippen LogP contribution in [0.2, 0.25) is 0 Å². The summed E-state index contributed by atoms with van der Waals surface area (Å²) in [4.78, 5) is 11.8. The molecule has 0 bridgehead atoms. The van der Waals surface area contributed by atoms with Crippen LogP contribution in [0, 0.1) is 17.1 Å². The molecule has 1 heterocycles. The Hall–Kier alpha value is -2.40.